The Balaban J connectivity index is 2.58. The fraction of sp³-hybridized carbons (Fsp3) is 0.167. The predicted octanol–water partition coefficient (Wildman–Crippen LogP) is 1.39. The summed E-state index contributed by atoms with van der Waals surface area (Å²) in [5.74, 6) is 0.651. The highest BCUT2D eigenvalue weighted by Gasteiger charge is 2.10. The molecule has 0 bridgehead atoms. The molecule has 0 aliphatic heterocycles. The third-order valence-corrected chi connectivity index (χ3v) is 2.89. The summed E-state index contributed by atoms with van der Waals surface area (Å²) < 4.78 is 1.75. The third kappa shape index (κ3) is 1.36. The highest BCUT2D eigenvalue weighted by molar-refractivity contribution is 5.86. The average Bonchev–Trinajstić information content (AvgIpc) is 2.71. The van der Waals surface area contributed by atoms with Gasteiger partial charge in [0.2, 0.25) is 0 Å². The largest absolute Gasteiger partial charge is 0.508 e. The number of hydrogen-bond donors (Lipinski definition) is 2. The molecule has 0 aliphatic rings. The first-order valence-corrected chi connectivity index (χ1v) is 5.28. The van der Waals surface area contributed by atoms with Gasteiger partial charge in [-0.1, -0.05) is 0 Å². The van der Waals surface area contributed by atoms with Crippen LogP contribution in [0.1, 0.15) is 11.4 Å². The molecule has 0 saturated carbocycles. The predicted molar refractivity (Wildman–Crippen MR) is 62.8 cm³/mol. The Bertz CT molecular complexity index is 718. The van der Waals surface area contributed by atoms with Gasteiger partial charge >= 0.3 is 0 Å². The number of hydrogen-bond acceptors (Lipinski definition) is 4. The van der Waals surface area contributed by atoms with Crippen molar-refractivity contribution in [1.29, 1.82) is 0 Å². The molecule has 0 fully saturated rings. The average molecular weight is 229 g/mol. The van der Waals surface area contributed by atoms with E-state index in [1.54, 1.807) is 16.5 Å². The molecular formula is C12H11N3O2. The molecule has 3 aromatic rings. The van der Waals surface area contributed by atoms with E-state index < -0.39 is 0 Å². The zero-order chi connectivity index (χ0) is 12.0. The van der Waals surface area contributed by atoms with E-state index in [1.807, 2.05) is 19.1 Å². The Morgan fingerprint density at radius 2 is 2.06 bits per heavy atom. The number of phenols is 1. The van der Waals surface area contributed by atoms with Gasteiger partial charge < -0.3 is 10.2 Å². The van der Waals surface area contributed by atoms with Crippen LogP contribution in [0.4, 0.5) is 0 Å². The van der Waals surface area contributed by atoms with Gasteiger partial charge in [-0.15, -0.1) is 10.2 Å². The molecule has 3 rings (SSSR count). The summed E-state index contributed by atoms with van der Waals surface area (Å²) in [5, 5.41) is 27.7. The molecule has 0 unspecified atom stereocenters. The Morgan fingerprint density at radius 3 is 2.82 bits per heavy atom. The quantitative estimate of drug-likeness (QED) is 0.661. The number of aromatic nitrogens is 3. The van der Waals surface area contributed by atoms with Crippen LogP contribution in [0, 0.1) is 6.92 Å². The summed E-state index contributed by atoms with van der Waals surface area (Å²) in [6.45, 7) is 1.79. The molecule has 2 aromatic heterocycles. The van der Waals surface area contributed by atoms with Gasteiger partial charge in [0.25, 0.3) is 0 Å². The lowest BCUT2D eigenvalue weighted by Crippen LogP contribution is -1.97. The monoisotopic (exact) mass is 229 g/mol. The lowest BCUT2D eigenvalue weighted by Gasteiger charge is -2.07. The number of aliphatic hydroxyl groups is 1. The fourth-order valence-corrected chi connectivity index (χ4v) is 2.10. The van der Waals surface area contributed by atoms with Gasteiger partial charge in [0.15, 0.2) is 11.5 Å². The zero-order valence-corrected chi connectivity index (χ0v) is 9.25. The van der Waals surface area contributed by atoms with Crippen LogP contribution >= 0.6 is 0 Å². The van der Waals surface area contributed by atoms with Crippen LogP contribution in [0.25, 0.3) is 16.6 Å². The summed E-state index contributed by atoms with van der Waals surface area (Å²) in [7, 11) is 0. The second-order valence-corrected chi connectivity index (χ2v) is 4.00. The van der Waals surface area contributed by atoms with Gasteiger partial charge in [0, 0.05) is 11.5 Å². The van der Waals surface area contributed by atoms with Crippen LogP contribution in [0.15, 0.2) is 24.3 Å². The maximum absolute atomic E-state index is 9.57. The maximum atomic E-state index is 9.57. The molecule has 0 saturated heterocycles. The Morgan fingerprint density at radius 1 is 1.24 bits per heavy atom. The minimum absolute atomic E-state index is 0.182. The number of pyridine rings is 1. The van der Waals surface area contributed by atoms with Gasteiger partial charge in [-0.3, -0.25) is 4.40 Å². The Labute approximate surface area is 97.0 Å². The van der Waals surface area contributed by atoms with Crippen molar-refractivity contribution in [3.8, 4) is 5.75 Å². The first-order valence-electron chi connectivity index (χ1n) is 5.28. The summed E-state index contributed by atoms with van der Waals surface area (Å²) in [6, 6.07) is 7.05. The van der Waals surface area contributed by atoms with E-state index in [9.17, 15) is 10.2 Å². The van der Waals surface area contributed by atoms with Crippen molar-refractivity contribution >= 4 is 16.6 Å². The number of aryl methyl sites for hydroxylation is 1. The van der Waals surface area contributed by atoms with E-state index in [0.29, 0.717) is 11.5 Å². The molecule has 0 amide bonds. The van der Waals surface area contributed by atoms with Crippen LogP contribution in [-0.2, 0) is 6.61 Å². The first kappa shape index (κ1) is 10.0. The highest BCUT2D eigenvalue weighted by Crippen LogP contribution is 2.25. The molecule has 5 heteroatoms. The second-order valence-electron chi connectivity index (χ2n) is 4.00. The van der Waals surface area contributed by atoms with Crippen LogP contribution in [-0.4, -0.2) is 24.8 Å². The van der Waals surface area contributed by atoms with E-state index in [4.69, 9.17) is 0 Å². The summed E-state index contributed by atoms with van der Waals surface area (Å²) >= 11 is 0. The molecule has 0 spiro atoms. The third-order valence-electron chi connectivity index (χ3n) is 2.89. The number of fused-ring (bicyclic) bond motifs is 3. The molecule has 2 N–H and O–H groups in total. The van der Waals surface area contributed by atoms with Crippen LogP contribution < -0.4 is 0 Å². The van der Waals surface area contributed by atoms with Crippen LogP contribution in [0.2, 0.25) is 0 Å². The van der Waals surface area contributed by atoms with Crippen molar-refractivity contribution in [2.45, 2.75) is 13.5 Å². The van der Waals surface area contributed by atoms with E-state index >= 15 is 0 Å². The van der Waals surface area contributed by atoms with E-state index in [0.717, 1.165) is 16.5 Å². The van der Waals surface area contributed by atoms with Gasteiger partial charge in [-0.25, -0.2) is 0 Å². The smallest absolute Gasteiger partial charge is 0.163 e. The minimum Gasteiger partial charge on any atom is -0.508 e. The summed E-state index contributed by atoms with van der Waals surface area (Å²) in [4.78, 5) is 0. The molecule has 0 radical (unpaired) electrons. The van der Waals surface area contributed by atoms with E-state index in [1.165, 1.54) is 0 Å². The van der Waals surface area contributed by atoms with Gasteiger partial charge in [0.1, 0.15) is 12.4 Å². The van der Waals surface area contributed by atoms with Crippen molar-refractivity contribution in [1.82, 2.24) is 14.6 Å². The van der Waals surface area contributed by atoms with Gasteiger partial charge in [-0.2, -0.15) is 0 Å². The number of rotatable bonds is 1. The molecule has 5 nitrogen and oxygen atoms in total. The first-order chi connectivity index (χ1) is 8.20. The lowest BCUT2D eigenvalue weighted by molar-refractivity contribution is 0.270. The minimum atomic E-state index is -0.186. The molecule has 2 heterocycles. The molecule has 86 valence electrons. The van der Waals surface area contributed by atoms with Gasteiger partial charge in [0.05, 0.1) is 5.52 Å². The normalized spacial score (nSPS) is 11.4. The zero-order valence-electron chi connectivity index (χ0n) is 9.25. The van der Waals surface area contributed by atoms with Gasteiger partial charge in [-0.05, 0) is 30.7 Å². The number of aromatic hydroxyl groups is 1. The Kier molecular flexibility index (Phi) is 2.02. The topological polar surface area (TPSA) is 70.7 Å². The van der Waals surface area contributed by atoms with Crippen LogP contribution in [0.5, 0.6) is 5.75 Å². The second kappa shape index (κ2) is 3.43. The molecular weight excluding hydrogens is 218 g/mol. The Hall–Kier alpha value is -2.14. The van der Waals surface area contributed by atoms with Crippen molar-refractivity contribution in [3.05, 3.63) is 35.7 Å². The number of phenolic OH excluding ortho intramolecular Hbond substituents is 1. The maximum Gasteiger partial charge on any atom is 0.163 e. The van der Waals surface area contributed by atoms with Crippen LogP contribution in [0.3, 0.4) is 0 Å². The summed E-state index contributed by atoms with van der Waals surface area (Å²) in [6.07, 6.45) is 0. The highest BCUT2D eigenvalue weighted by atomic mass is 16.3. The van der Waals surface area contributed by atoms with Crippen molar-refractivity contribution in [3.63, 3.8) is 0 Å². The molecule has 1 aromatic carbocycles. The number of aliphatic hydroxyl groups excluding tert-OH is 1. The van der Waals surface area contributed by atoms with E-state index in [2.05, 4.69) is 10.2 Å². The van der Waals surface area contributed by atoms with Crippen molar-refractivity contribution < 1.29 is 10.2 Å². The lowest BCUT2D eigenvalue weighted by atomic mass is 10.1. The SMILES string of the molecule is Cc1cc2nnc(CO)n2c2cc(O)ccc12. The van der Waals surface area contributed by atoms with Crippen molar-refractivity contribution in [2.24, 2.45) is 0 Å². The number of nitrogens with zero attached hydrogens (tertiary/aromatic N) is 3. The standard InChI is InChI=1S/C12H11N3O2/c1-7-4-11-13-14-12(6-16)15(11)10-5-8(17)2-3-9(7)10/h2-5,16-17H,6H2,1H3. The molecule has 17 heavy (non-hydrogen) atoms. The fourth-order valence-electron chi connectivity index (χ4n) is 2.10. The number of benzene rings is 1. The van der Waals surface area contributed by atoms with E-state index in [-0.39, 0.29) is 12.4 Å². The van der Waals surface area contributed by atoms with Crippen molar-refractivity contribution in [2.75, 3.05) is 0 Å². The molecule has 0 atom stereocenters. The molecule has 0 aliphatic carbocycles. The summed E-state index contributed by atoms with van der Waals surface area (Å²) in [5.41, 5.74) is 2.53.